The number of hydrogen-bond donors (Lipinski definition) is 1. The number of nitriles is 1. The lowest BCUT2D eigenvalue weighted by Gasteiger charge is -2.10. The maximum absolute atomic E-state index is 12.6. The van der Waals surface area contributed by atoms with Crippen LogP contribution in [0, 0.1) is 11.3 Å². The zero-order chi connectivity index (χ0) is 15.6. The fourth-order valence-corrected chi connectivity index (χ4v) is 2.68. The summed E-state index contributed by atoms with van der Waals surface area (Å²) in [5.41, 5.74) is -0.781. The summed E-state index contributed by atoms with van der Waals surface area (Å²) in [7, 11) is 0. The van der Waals surface area contributed by atoms with Gasteiger partial charge in [0.05, 0.1) is 26.2 Å². The number of amides is 1. The van der Waals surface area contributed by atoms with E-state index in [9.17, 15) is 18.0 Å². The first-order chi connectivity index (χ1) is 9.81. The number of halogens is 4. The summed E-state index contributed by atoms with van der Waals surface area (Å²) in [6, 6.07) is 5.83. The van der Waals surface area contributed by atoms with Crippen LogP contribution in [-0.2, 0) is 6.18 Å². The molecule has 0 fully saturated rings. The highest BCUT2D eigenvalue weighted by atomic mass is 79.9. The van der Waals surface area contributed by atoms with Crippen LogP contribution in [0.1, 0.15) is 21.5 Å². The second kappa shape index (κ2) is 5.87. The van der Waals surface area contributed by atoms with Crippen LogP contribution in [0.2, 0.25) is 0 Å². The molecule has 1 aromatic carbocycles. The van der Waals surface area contributed by atoms with Gasteiger partial charge in [-0.3, -0.25) is 4.79 Å². The van der Waals surface area contributed by atoms with Gasteiger partial charge in [-0.2, -0.15) is 18.4 Å². The van der Waals surface area contributed by atoms with Crippen LogP contribution in [0.15, 0.2) is 33.4 Å². The van der Waals surface area contributed by atoms with Crippen molar-refractivity contribution in [2.75, 3.05) is 5.32 Å². The minimum absolute atomic E-state index is 0.0397. The molecule has 0 aliphatic heterocycles. The molecule has 2 aromatic rings. The highest BCUT2D eigenvalue weighted by Crippen LogP contribution is 2.32. The zero-order valence-electron chi connectivity index (χ0n) is 10.2. The Morgan fingerprint density at radius 2 is 2.05 bits per heavy atom. The molecule has 1 amide bonds. The Balaban J connectivity index is 2.29. The SMILES string of the molecule is N#Cc1cc(C(F)(F)F)ccc1NC(=O)c1csc(Br)c1. The molecule has 21 heavy (non-hydrogen) atoms. The van der Waals surface area contributed by atoms with E-state index in [0.717, 1.165) is 15.9 Å². The maximum atomic E-state index is 12.6. The van der Waals surface area contributed by atoms with E-state index < -0.39 is 17.6 Å². The van der Waals surface area contributed by atoms with Crippen molar-refractivity contribution >= 4 is 38.9 Å². The van der Waals surface area contributed by atoms with Crippen molar-refractivity contribution in [3.05, 3.63) is 50.1 Å². The predicted octanol–water partition coefficient (Wildman–Crippen LogP) is 4.65. The molecule has 1 heterocycles. The van der Waals surface area contributed by atoms with E-state index in [0.29, 0.717) is 11.6 Å². The van der Waals surface area contributed by atoms with Crippen molar-refractivity contribution in [3.63, 3.8) is 0 Å². The number of rotatable bonds is 2. The molecule has 8 heteroatoms. The predicted molar refractivity (Wildman–Crippen MR) is 76.1 cm³/mol. The Labute approximate surface area is 130 Å². The molecule has 0 radical (unpaired) electrons. The summed E-state index contributed by atoms with van der Waals surface area (Å²) in [6.45, 7) is 0. The highest BCUT2D eigenvalue weighted by molar-refractivity contribution is 9.11. The molecule has 0 saturated heterocycles. The van der Waals surface area contributed by atoms with Crippen molar-refractivity contribution in [2.24, 2.45) is 0 Å². The highest BCUT2D eigenvalue weighted by Gasteiger charge is 2.31. The van der Waals surface area contributed by atoms with Gasteiger partial charge in [0.15, 0.2) is 0 Å². The van der Waals surface area contributed by atoms with E-state index in [1.165, 1.54) is 11.3 Å². The van der Waals surface area contributed by atoms with Crippen LogP contribution in [-0.4, -0.2) is 5.91 Å². The fourth-order valence-electron chi connectivity index (χ4n) is 1.55. The lowest BCUT2D eigenvalue weighted by molar-refractivity contribution is -0.137. The number of benzene rings is 1. The zero-order valence-corrected chi connectivity index (χ0v) is 12.6. The molecule has 1 N–H and O–H groups in total. The van der Waals surface area contributed by atoms with Crippen LogP contribution in [0.5, 0.6) is 0 Å². The van der Waals surface area contributed by atoms with Gasteiger partial charge in [-0.05, 0) is 40.2 Å². The van der Waals surface area contributed by atoms with Crippen LogP contribution in [0.25, 0.3) is 0 Å². The number of hydrogen-bond acceptors (Lipinski definition) is 3. The van der Waals surface area contributed by atoms with Crippen molar-refractivity contribution in [2.45, 2.75) is 6.18 Å². The van der Waals surface area contributed by atoms with Crippen molar-refractivity contribution in [1.82, 2.24) is 0 Å². The molecule has 0 aliphatic rings. The van der Waals surface area contributed by atoms with Gasteiger partial charge in [0.2, 0.25) is 0 Å². The second-order valence-corrected chi connectivity index (χ2v) is 6.25. The largest absolute Gasteiger partial charge is 0.416 e. The number of carbonyl (C=O) groups is 1. The molecule has 0 saturated carbocycles. The van der Waals surface area contributed by atoms with Gasteiger partial charge in [-0.15, -0.1) is 11.3 Å². The average Bonchev–Trinajstić information content (AvgIpc) is 2.84. The number of alkyl halides is 3. The van der Waals surface area contributed by atoms with Gasteiger partial charge in [-0.25, -0.2) is 0 Å². The molecule has 3 nitrogen and oxygen atoms in total. The lowest BCUT2D eigenvalue weighted by atomic mass is 10.1. The fraction of sp³-hybridized carbons (Fsp3) is 0.0769. The van der Waals surface area contributed by atoms with Crippen molar-refractivity contribution in [1.29, 1.82) is 5.26 Å². The molecule has 0 aliphatic carbocycles. The molecule has 0 atom stereocenters. The quantitative estimate of drug-likeness (QED) is 0.831. The topological polar surface area (TPSA) is 52.9 Å². The number of anilines is 1. The standard InChI is InChI=1S/C13H6BrF3N2OS/c14-11-4-8(6-21-11)12(20)19-10-2-1-9(13(15,16)17)3-7(10)5-18/h1-4,6H,(H,19,20). The van der Waals surface area contributed by atoms with Crippen LogP contribution >= 0.6 is 27.3 Å². The first-order valence-corrected chi connectivity index (χ1v) is 7.15. The summed E-state index contributed by atoms with van der Waals surface area (Å²) in [5, 5.41) is 12.9. The first kappa shape index (κ1) is 15.5. The number of nitrogens with one attached hydrogen (secondary N) is 1. The minimum atomic E-state index is -4.54. The first-order valence-electron chi connectivity index (χ1n) is 5.48. The van der Waals surface area contributed by atoms with Crippen molar-refractivity contribution in [3.8, 4) is 6.07 Å². The summed E-state index contributed by atoms with van der Waals surface area (Å²) in [5.74, 6) is -0.492. The summed E-state index contributed by atoms with van der Waals surface area (Å²) >= 11 is 4.51. The Morgan fingerprint density at radius 3 is 2.57 bits per heavy atom. The van der Waals surface area contributed by atoms with Gasteiger partial charge < -0.3 is 5.32 Å². The maximum Gasteiger partial charge on any atom is 0.416 e. The molecule has 2 rings (SSSR count). The molecular weight excluding hydrogens is 369 g/mol. The van der Waals surface area contributed by atoms with Gasteiger partial charge >= 0.3 is 6.18 Å². The van der Waals surface area contributed by atoms with E-state index in [2.05, 4.69) is 21.2 Å². The monoisotopic (exact) mass is 374 g/mol. The van der Waals surface area contributed by atoms with Crippen molar-refractivity contribution < 1.29 is 18.0 Å². The van der Waals surface area contributed by atoms with Gasteiger partial charge in [-0.1, -0.05) is 0 Å². The minimum Gasteiger partial charge on any atom is -0.321 e. The van der Waals surface area contributed by atoms with Crippen LogP contribution in [0.4, 0.5) is 18.9 Å². The summed E-state index contributed by atoms with van der Waals surface area (Å²) in [4.78, 5) is 11.9. The normalized spacial score (nSPS) is 11.0. The molecule has 0 bridgehead atoms. The molecule has 0 spiro atoms. The Bertz CT molecular complexity index is 734. The Morgan fingerprint density at radius 1 is 1.33 bits per heavy atom. The van der Waals surface area contributed by atoms with E-state index in [4.69, 9.17) is 5.26 Å². The van der Waals surface area contributed by atoms with E-state index in [1.807, 2.05) is 0 Å². The summed E-state index contributed by atoms with van der Waals surface area (Å²) < 4.78 is 38.4. The smallest absolute Gasteiger partial charge is 0.321 e. The number of carbonyl (C=O) groups excluding carboxylic acids is 1. The van der Waals surface area contributed by atoms with Crippen LogP contribution < -0.4 is 5.32 Å². The summed E-state index contributed by atoms with van der Waals surface area (Å²) in [6.07, 6.45) is -4.54. The van der Waals surface area contributed by atoms with Gasteiger partial charge in [0.1, 0.15) is 6.07 Å². The Hall–Kier alpha value is -1.85. The molecule has 1 aromatic heterocycles. The van der Waals surface area contributed by atoms with E-state index in [-0.39, 0.29) is 11.3 Å². The Kier molecular flexibility index (Phi) is 4.34. The number of nitrogens with zero attached hydrogens (tertiary/aromatic N) is 1. The average molecular weight is 375 g/mol. The molecule has 108 valence electrons. The third-order valence-corrected chi connectivity index (χ3v) is 4.05. The third kappa shape index (κ3) is 3.62. The molecular formula is C13H6BrF3N2OS. The van der Waals surface area contributed by atoms with Gasteiger partial charge in [0, 0.05) is 5.38 Å². The number of thiophene rings is 1. The lowest BCUT2D eigenvalue weighted by Crippen LogP contribution is -2.13. The second-order valence-electron chi connectivity index (χ2n) is 3.96. The molecule has 0 unspecified atom stereocenters. The third-order valence-electron chi connectivity index (χ3n) is 2.55. The van der Waals surface area contributed by atoms with E-state index >= 15 is 0 Å². The van der Waals surface area contributed by atoms with E-state index in [1.54, 1.807) is 17.5 Å². The van der Waals surface area contributed by atoms with Crippen LogP contribution in [0.3, 0.4) is 0 Å². The van der Waals surface area contributed by atoms with Gasteiger partial charge in [0.25, 0.3) is 5.91 Å².